The van der Waals surface area contributed by atoms with Crippen LogP contribution in [-0.4, -0.2) is 21.6 Å². The summed E-state index contributed by atoms with van der Waals surface area (Å²) >= 11 is 0. The summed E-state index contributed by atoms with van der Waals surface area (Å²) < 4.78 is 2.94. The summed E-state index contributed by atoms with van der Waals surface area (Å²) in [5, 5.41) is 11.0. The molecule has 6 nitrogen and oxygen atoms in total. The van der Waals surface area contributed by atoms with E-state index >= 15 is 0 Å². The molecule has 0 aliphatic heterocycles. The van der Waals surface area contributed by atoms with Crippen LogP contribution in [0.15, 0.2) is 29.1 Å². The van der Waals surface area contributed by atoms with Crippen molar-refractivity contribution in [3.05, 3.63) is 34.7 Å². The fraction of sp³-hybridized carbons (Fsp3) is 0.308. The number of hydrogen-bond donors (Lipinski definition) is 1. The fourth-order valence-corrected chi connectivity index (χ4v) is 1.97. The van der Waals surface area contributed by atoms with Crippen molar-refractivity contribution >= 4 is 16.9 Å². The van der Waals surface area contributed by atoms with Gasteiger partial charge in [0, 0.05) is 13.6 Å². The van der Waals surface area contributed by atoms with E-state index in [2.05, 4.69) is 5.32 Å². The van der Waals surface area contributed by atoms with E-state index in [1.807, 2.05) is 24.3 Å². The second-order valence-electron chi connectivity index (χ2n) is 4.17. The van der Waals surface area contributed by atoms with Crippen LogP contribution >= 0.6 is 0 Å². The molecule has 2 aromatic rings. The molecule has 6 heteroatoms. The van der Waals surface area contributed by atoms with Crippen molar-refractivity contribution in [1.82, 2.24) is 14.5 Å². The third kappa shape index (κ3) is 2.50. The molecule has 0 spiro atoms. The van der Waals surface area contributed by atoms with Crippen LogP contribution in [0, 0.1) is 11.3 Å². The molecule has 1 aromatic heterocycles. The number of nitriles is 1. The molecule has 1 amide bonds. The third-order valence-electron chi connectivity index (χ3n) is 2.91. The normalized spacial score (nSPS) is 10.3. The highest BCUT2D eigenvalue weighted by Gasteiger charge is 2.12. The van der Waals surface area contributed by atoms with Gasteiger partial charge in [-0.05, 0) is 12.1 Å². The predicted molar refractivity (Wildman–Crippen MR) is 70.4 cm³/mol. The molecule has 0 fully saturated rings. The van der Waals surface area contributed by atoms with Gasteiger partial charge < -0.3 is 5.32 Å². The van der Waals surface area contributed by atoms with Gasteiger partial charge in [0.05, 0.1) is 23.5 Å². The number of para-hydroxylation sites is 2. The predicted octanol–water partition coefficient (Wildman–Crippen LogP) is 0.370. The Balaban J connectivity index is 2.26. The van der Waals surface area contributed by atoms with E-state index in [9.17, 15) is 9.59 Å². The highest BCUT2D eigenvalue weighted by Crippen LogP contribution is 2.10. The van der Waals surface area contributed by atoms with Crippen LogP contribution in [0.2, 0.25) is 0 Å². The average molecular weight is 258 g/mol. The number of benzene rings is 1. The lowest BCUT2D eigenvalue weighted by molar-refractivity contribution is -0.121. The summed E-state index contributed by atoms with van der Waals surface area (Å²) in [7, 11) is 1.68. The number of nitrogens with zero attached hydrogens (tertiary/aromatic N) is 3. The Hall–Kier alpha value is -2.55. The minimum absolute atomic E-state index is 0.0361. The largest absolute Gasteiger partial charge is 0.354 e. The Labute approximate surface area is 109 Å². The first kappa shape index (κ1) is 12.9. The minimum atomic E-state index is -0.270. The van der Waals surface area contributed by atoms with Gasteiger partial charge in [-0.25, -0.2) is 4.79 Å². The first-order valence-electron chi connectivity index (χ1n) is 5.93. The van der Waals surface area contributed by atoms with Crippen LogP contribution in [0.3, 0.4) is 0 Å². The maximum atomic E-state index is 12.0. The summed E-state index contributed by atoms with van der Waals surface area (Å²) in [4.78, 5) is 23.8. The topological polar surface area (TPSA) is 79.8 Å². The van der Waals surface area contributed by atoms with Gasteiger partial charge in [-0.3, -0.25) is 13.9 Å². The Bertz CT molecular complexity index is 705. The van der Waals surface area contributed by atoms with Crippen LogP contribution < -0.4 is 11.0 Å². The molecule has 0 aliphatic carbocycles. The number of amides is 1. The van der Waals surface area contributed by atoms with Crippen LogP contribution in [0.4, 0.5) is 0 Å². The number of rotatable bonds is 4. The minimum Gasteiger partial charge on any atom is -0.354 e. The smallest absolute Gasteiger partial charge is 0.329 e. The van der Waals surface area contributed by atoms with Crippen LogP contribution in [0.1, 0.15) is 6.42 Å². The van der Waals surface area contributed by atoms with Crippen molar-refractivity contribution in [2.75, 3.05) is 6.54 Å². The molecular formula is C13H14N4O2. The Morgan fingerprint density at radius 1 is 1.37 bits per heavy atom. The lowest BCUT2D eigenvalue weighted by Crippen LogP contribution is -2.33. The van der Waals surface area contributed by atoms with Crippen molar-refractivity contribution in [2.45, 2.75) is 13.0 Å². The molecule has 1 heterocycles. The molecule has 0 bridgehead atoms. The van der Waals surface area contributed by atoms with Gasteiger partial charge in [-0.1, -0.05) is 12.1 Å². The Morgan fingerprint density at radius 3 is 2.74 bits per heavy atom. The highest BCUT2D eigenvalue weighted by atomic mass is 16.2. The van der Waals surface area contributed by atoms with Gasteiger partial charge in [-0.15, -0.1) is 0 Å². The van der Waals surface area contributed by atoms with E-state index in [0.717, 1.165) is 11.0 Å². The average Bonchev–Trinajstić information content (AvgIpc) is 2.65. The molecule has 0 radical (unpaired) electrons. The van der Waals surface area contributed by atoms with Gasteiger partial charge in [-0.2, -0.15) is 5.26 Å². The van der Waals surface area contributed by atoms with Crippen LogP contribution in [0.5, 0.6) is 0 Å². The standard InChI is InChI=1S/C13H14N4O2/c1-16-10-5-2-3-6-11(10)17(13(16)19)9-12(18)15-8-4-7-14/h2-3,5-6H,4,8-9H2,1H3,(H,15,18). The molecule has 0 saturated heterocycles. The molecule has 1 N–H and O–H groups in total. The summed E-state index contributed by atoms with van der Waals surface area (Å²) in [5.41, 5.74) is 1.29. The molecule has 0 unspecified atom stereocenters. The number of aromatic nitrogens is 2. The molecule has 1 aromatic carbocycles. The van der Waals surface area contributed by atoms with Crippen LogP contribution in [0.25, 0.3) is 11.0 Å². The Morgan fingerprint density at radius 2 is 2.05 bits per heavy atom. The van der Waals surface area contributed by atoms with Crippen molar-refractivity contribution < 1.29 is 4.79 Å². The molecule has 0 atom stereocenters. The number of aryl methyl sites for hydroxylation is 1. The van der Waals surface area contributed by atoms with Gasteiger partial charge >= 0.3 is 5.69 Å². The van der Waals surface area contributed by atoms with Gasteiger partial charge in [0.15, 0.2) is 0 Å². The van der Waals surface area contributed by atoms with E-state index in [4.69, 9.17) is 5.26 Å². The third-order valence-corrected chi connectivity index (χ3v) is 2.91. The van der Waals surface area contributed by atoms with Crippen molar-refractivity contribution in [3.8, 4) is 6.07 Å². The second-order valence-corrected chi connectivity index (χ2v) is 4.17. The van der Waals surface area contributed by atoms with Gasteiger partial charge in [0.2, 0.25) is 5.91 Å². The quantitative estimate of drug-likeness (QED) is 0.805. The SMILES string of the molecule is Cn1c(=O)n(CC(=O)NCCC#N)c2ccccc21. The molecule has 0 aliphatic rings. The maximum Gasteiger partial charge on any atom is 0.329 e. The van der Waals surface area contributed by atoms with E-state index in [0.29, 0.717) is 6.54 Å². The molecule has 19 heavy (non-hydrogen) atoms. The zero-order valence-electron chi connectivity index (χ0n) is 10.6. The van der Waals surface area contributed by atoms with Crippen LogP contribution in [-0.2, 0) is 18.4 Å². The summed E-state index contributed by atoms with van der Waals surface area (Å²) in [6.07, 6.45) is 0.260. The lowest BCUT2D eigenvalue weighted by atomic mass is 10.3. The number of carbonyl (C=O) groups excluding carboxylic acids is 1. The summed E-state index contributed by atoms with van der Waals surface area (Å²) in [6, 6.07) is 9.26. The number of imidazole rings is 1. The first-order chi connectivity index (χ1) is 9.15. The zero-order chi connectivity index (χ0) is 13.8. The Kier molecular flexibility index (Phi) is 3.66. The molecular weight excluding hydrogens is 244 g/mol. The van der Waals surface area contributed by atoms with E-state index in [-0.39, 0.29) is 24.6 Å². The number of nitrogens with one attached hydrogen (secondary N) is 1. The second kappa shape index (κ2) is 5.40. The van der Waals surface area contributed by atoms with Gasteiger partial charge in [0.1, 0.15) is 6.54 Å². The number of hydrogen-bond acceptors (Lipinski definition) is 3. The number of carbonyl (C=O) groups is 1. The van der Waals surface area contributed by atoms with E-state index < -0.39 is 0 Å². The monoisotopic (exact) mass is 258 g/mol. The van der Waals surface area contributed by atoms with Crippen molar-refractivity contribution in [2.24, 2.45) is 7.05 Å². The van der Waals surface area contributed by atoms with Gasteiger partial charge in [0.25, 0.3) is 0 Å². The van der Waals surface area contributed by atoms with E-state index in [1.54, 1.807) is 13.1 Å². The number of fused-ring (bicyclic) bond motifs is 1. The first-order valence-corrected chi connectivity index (χ1v) is 5.93. The van der Waals surface area contributed by atoms with Crippen molar-refractivity contribution in [3.63, 3.8) is 0 Å². The molecule has 98 valence electrons. The molecule has 0 saturated carbocycles. The fourth-order valence-electron chi connectivity index (χ4n) is 1.97. The van der Waals surface area contributed by atoms with Crippen molar-refractivity contribution in [1.29, 1.82) is 5.26 Å². The molecule has 2 rings (SSSR count). The summed E-state index contributed by atoms with van der Waals surface area (Å²) in [5.74, 6) is -0.270. The van der Waals surface area contributed by atoms with E-state index in [1.165, 1.54) is 9.13 Å². The summed E-state index contributed by atoms with van der Waals surface area (Å²) in [6.45, 7) is 0.264. The maximum absolute atomic E-state index is 12.0. The highest BCUT2D eigenvalue weighted by molar-refractivity contribution is 5.80. The lowest BCUT2D eigenvalue weighted by Gasteiger charge is -2.04. The zero-order valence-corrected chi connectivity index (χ0v) is 10.6.